The summed E-state index contributed by atoms with van der Waals surface area (Å²) in [6, 6.07) is 8.37. The first-order valence-electron chi connectivity index (χ1n) is 16.7. The van der Waals surface area contributed by atoms with Gasteiger partial charge in [0.25, 0.3) is 0 Å². The third kappa shape index (κ3) is 8.29. The summed E-state index contributed by atoms with van der Waals surface area (Å²) in [5, 5.41) is 8.40. The summed E-state index contributed by atoms with van der Waals surface area (Å²) in [7, 11) is 2.51. The number of ether oxygens (including phenoxy) is 3. The molecule has 53 heavy (non-hydrogen) atoms. The van der Waals surface area contributed by atoms with Crippen molar-refractivity contribution in [3.63, 3.8) is 0 Å². The fourth-order valence-corrected chi connectivity index (χ4v) is 7.35. The van der Waals surface area contributed by atoms with Crippen LogP contribution in [0.15, 0.2) is 70.3 Å². The van der Waals surface area contributed by atoms with Gasteiger partial charge < -0.3 is 29.7 Å². The van der Waals surface area contributed by atoms with Gasteiger partial charge in [0.05, 0.1) is 25.8 Å². The number of halogens is 2. The number of urea groups is 1. The smallest absolute Gasteiger partial charge is 0.408 e. The van der Waals surface area contributed by atoms with Crippen molar-refractivity contribution in [2.75, 3.05) is 51.8 Å². The van der Waals surface area contributed by atoms with E-state index in [2.05, 4.69) is 20.5 Å². The Hall–Kier alpha value is -5.06. The molecule has 17 heteroatoms. The van der Waals surface area contributed by atoms with Gasteiger partial charge in [-0.05, 0) is 50.6 Å². The van der Waals surface area contributed by atoms with Crippen LogP contribution >= 0.6 is 22.9 Å². The van der Waals surface area contributed by atoms with Crippen molar-refractivity contribution in [1.29, 1.82) is 0 Å². The first kappa shape index (κ1) is 37.7. The normalized spacial score (nSPS) is 19.6. The van der Waals surface area contributed by atoms with Gasteiger partial charge in [-0.25, -0.2) is 28.6 Å². The lowest BCUT2D eigenvalue weighted by molar-refractivity contribution is -0.143. The van der Waals surface area contributed by atoms with Crippen LogP contribution in [0.3, 0.4) is 0 Å². The van der Waals surface area contributed by atoms with Gasteiger partial charge in [0.15, 0.2) is 16.9 Å². The molecule has 3 aromatic rings. The Morgan fingerprint density at radius 2 is 1.85 bits per heavy atom. The van der Waals surface area contributed by atoms with Crippen LogP contribution in [0, 0.1) is 5.82 Å². The van der Waals surface area contributed by atoms with Crippen LogP contribution in [-0.2, 0) is 23.8 Å². The molecule has 3 amide bonds. The molecule has 0 bridgehead atoms. The molecular weight excluding hydrogens is 729 g/mol. The number of amidine groups is 1. The summed E-state index contributed by atoms with van der Waals surface area (Å²) in [6.45, 7) is 7.27. The van der Waals surface area contributed by atoms with Crippen molar-refractivity contribution in [1.82, 2.24) is 25.4 Å². The number of piperazine rings is 1. The van der Waals surface area contributed by atoms with Crippen LogP contribution in [-0.4, -0.2) is 103 Å². The van der Waals surface area contributed by atoms with E-state index >= 15 is 0 Å². The standard InChI is InChI=1S/C36H39ClFN7O7S/c1-36(2,3)52-34(48)42-28(33(47)51-5)20-6-9-22(10-7-20)45-18-23-17-43(13-14-44(23)35(45)49)19-26-27(32(46)50-4)29(24-11-8-21(38)16-25(24)37)41-30(40-26)31-39-12-15-53-31/h6-12,15-16,23,28-29H,13-14,17-19H2,1-5H3,(H,40,41)(H,42,48)/t23-,28+,29-/m0/s1. The number of anilines is 1. The lowest BCUT2D eigenvalue weighted by Gasteiger charge is -2.38. The van der Waals surface area contributed by atoms with Gasteiger partial charge in [-0.2, -0.15) is 0 Å². The zero-order valence-electron chi connectivity index (χ0n) is 29.7. The number of methoxy groups -OCH3 is 2. The monoisotopic (exact) mass is 767 g/mol. The first-order chi connectivity index (χ1) is 25.3. The number of hydrogen-bond donors (Lipinski definition) is 2. The molecule has 0 aliphatic carbocycles. The summed E-state index contributed by atoms with van der Waals surface area (Å²) in [5.41, 5.74) is 1.52. The number of aliphatic imine (C=N–C) groups is 1. The van der Waals surface area contributed by atoms with Crippen molar-refractivity contribution in [3.8, 4) is 0 Å². The molecule has 280 valence electrons. The molecule has 4 heterocycles. The van der Waals surface area contributed by atoms with Crippen molar-refractivity contribution in [3.05, 3.63) is 92.3 Å². The van der Waals surface area contributed by atoms with Gasteiger partial charge in [-0.1, -0.05) is 29.8 Å². The molecule has 2 N–H and O–H groups in total. The van der Waals surface area contributed by atoms with Gasteiger partial charge >= 0.3 is 24.1 Å². The highest BCUT2D eigenvalue weighted by molar-refractivity contribution is 7.11. The van der Waals surface area contributed by atoms with Crippen LogP contribution in [0.25, 0.3) is 0 Å². The number of carbonyl (C=O) groups excluding carboxylic acids is 4. The highest BCUT2D eigenvalue weighted by Crippen LogP contribution is 2.37. The number of esters is 2. The zero-order chi connectivity index (χ0) is 38.0. The van der Waals surface area contributed by atoms with Crippen LogP contribution in [0.1, 0.15) is 49.0 Å². The van der Waals surface area contributed by atoms with Crippen LogP contribution in [0.5, 0.6) is 0 Å². The Balaban J connectivity index is 1.21. The van der Waals surface area contributed by atoms with Crippen molar-refractivity contribution in [2.45, 2.75) is 44.5 Å². The first-order valence-corrected chi connectivity index (χ1v) is 18.0. The van der Waals surface area contributed by atoms with E-state index in [0.29, 0.717) is 59.5 Å². The lowest BCUT2D eigenvalue weighted by Crippen LogP contribution is -2.53. The number of hydrogen-bond acceptors (Lipinski definition) is 12. The number of carbonyl (C=O) groups is 4. The van der Waals surface area contributed by atoms with E-state index < -0.39 is 41.5 Å². The number of alkyl carbamates (subject to hydrolysis) is 1. The highest BCUT2D eigenvalue weighted by atomic mass is 35.5. The van der Waals surface area contributed by atoms with E-state index in [4.69, 9.17) is 30.8 Å². The minimum Gasteiger partial charge on any atom is -0.467 e. The molecule has 0 saturated carbocycles. The molecule has 3 atom stereocenters. The van der Waals surface area contributed by atoms with Gasteiger partial charge in [0.1, 0.15) is 17.5 Å². The van der Waals surface area contributed by atoms with Crippen LogP contribution < -0.4 is 15.5 Å². The van der Waals surface area contributed by atoms with E-state index in [1.807, 2.05) is 10.3 Å². The largest absolute Gasteiger partial charge is 0.467 e. The summed E-state index contributed by atoms with van der Waals surface area (Å²) in [6.07, 6.45) is 0.879. The molecule has 3 aliphatic heterocycles. The molecule has 0 unspecified atom stereocenters. The molecule has 1 aromatic heterocycles. The molecule has 0 spiro atoms. The van der Waals surface area contributed by atoms with Crippen molar-refractivity contribution >= 4 is 58.5 Å². The summed E-state index contributed by atoms with van der Waals surface area (Å²) < 4.78 is 29.5. The van der Waals surface area contributed by atoms with E-state index in [0.717, 1.165) is 0 Å². The summed E-state index contributed by atoms with van der Waals surface area (Å²) in [5.74, 6) is -1.36. The predicted octanol–water partition coefficient (Wildman–Crippen LogP) is 4.82. The van der Waals surface area contributed by atoms with Crippen molar-refractivity contribution in [2.24, 2.45) is 4.99 Å². The zero-order valence-corrected chi connectivity index (χ0v) is 31.3. The van der Waals surface area contributed by atoms with Crippen molar-refractivity contribution < 1.29 is 37.8 Å². The maximum atomic E-state index is 14.1. The minimum absolute atomic E-state index is 0.117. The fraction of sp³-hybridized carbons (Fsp3) is 0.389. The topological polar surface area (TPSA) is 155 Å². The van der Waals surface area contributed by atoms with Crippen LogP contribution in [0.4, 0.5) is 19.7 Å². The second-order valence-corrected chi connectivity index (χ2v) is 14.9. The Morgan fingerprint density at radius 3 is 2.49 bits per heavy atom. The van der Waals surface area contributed by atoms with Gasteiger partial charge in [0, 0.05) is 66.3 Å². The number of thiazole rings is 1. The molecule has 14 nitrogen and oxygen atoms in total. The Bertz CT molecular complexity index is 1950. The number of aromatic nitrogens is 1. The Labute approximate surface area is 314 Å². The number of amides is 3. The maximum Gasteiger partial charge on any atom is 0.408 e. The second-order valence-electron chi connectivity index (χ2n) is 13.6. The summed E-state index contributed by atoms with van der Waals surface area (Å²) in [4.78, 5) is 66.9. The molecule has 3 aliphatic rings. The molecular formula is C36H39ClFN7O7S. The van der Waals surface area contributed by atoms with Gasteiger partial charge in [-0.3, -0.25) is 14.8 Å². The maximum absolute atomic E-state index is 14.1. The third-order valence-electron chi connectivity index (χ3n) is 8.88. The molecule has 2 fully saturated rings. The van der Waals surface area contributed by atoms with Crippen LogP contribution in [0.2, 0.25) is 5.02 Å². The average molecular weight is 768 g/mol. The lowest BCUT2D eigenvalue weighted by atomic mass is 9.95. The molecule has 2 aromatic carbocycles. The third-order valence-corrected chi connectivity index (χ3v) is 9.99. The molecule has 2 saturated heterocycles. The number of rotatable bonds is 9. The van der Waals surface area contributed by atoms with Gasteiger partial charge in [-0.15, -0.1) is 11.3 Å². The van der Waals surface area contributed by atoms with E-state index in [-0.39, 0.29) is 29.2 Å². The predicted molar refractivity (Wildman–Crippen MR) is 195 cm³/mol. The SMILES string of the molecule is COC(=O)C1=C(CN2CCN3C(=O)N(c4ccc([C@@H](NC(=O)OC(C)(C)C)C(=O)OC)cc4)C[C@@H]3C2)NC(c2nccs2)=N[C@H]1c1ccc(F)cc1Cl. The quantitative estimate of drug-likeness (QED) is 0.229. The fourth-order valence-electron chi connectivity index (χ4n) is 6.49. The van der Waals surface area contributed by atoms with Gasteiger partial charge in [0.2, 0.25) is 0 Å². The number of benzene rings is 2. The van der Waals surface area contributed by atoms with E-state index in [9.17, 15) is 23.6 Å². The average Bonchev–Trinajstić information content (AvgIpc) is 3.77. The van der Waals surface area contributed by atoms with E-state index in [1.54, 1.807) is 56.1 Å². The Morgan fingerprint density at radius 1 is 1.09 bits per heavy atom. The second kappa shape index (κ2) is 15.5. The number of fused-ring (bicyclic) bond motifs is 1. The number of nitrogens with one attached hydrogen (secondary N) is 2. The highest BCUT2D eigenvalue weighted by Gasteiger charge is 2.42. The Kier molecular flexibility index (Phi) is 11.0. The van der Waals surface area contributed by atoms with E-state index in [1.165, 1.54) is 43.8 Å². The number of nitrogens with zero attached hydrogens (tertiary/aromatic N) is 5. The molecule has 0 radical (unpaired) electrons. The molecule has 6 rings (SSSR count). The minimum atomic E-state index is -1.12. The summed E-state index contributed by atoms with van der Waals surface area (Å²) >= 11 is 7.87.